The number of hydrogen-bond donors (Lipinski definition) is 0. The quantitative estimate of drug-likeness (QED) is 0.136. The topological polar surface area (TPSA) is 74.3 Å². The molecule has 0 radical (unpaired) electrons. The Morgan fingerprint density at radius 2 is 0.659 bits per heavy atom. The van der Waals surface area contributed by atoms with E-state index in [-0.39, 0.29) is 0 Å². The Bertz CT molecular complexity index is 4740. The minimum atomic E-state index is 0.549. The largest absolute Gasteiger partial charge is 0.308 e. The number of para-hydroxylation sites is 1. The summed E-state index contributed by atoms with van der Waals surface area (Å²) in [5.74, 6) is 1.12. The first kappa shape index (κ1) is 48.3. The van der Waals surface area contributed by atoms with E-state index in [0.717, 1.165) is 134 Å². The Morgan fingerprint density at radius 3 is 1.17 bits per heavy atom. The van der Waals surface area contributed by atoms with Crippen molar-refractivity contribution in [1.29, 1.82) is 0 Å². The molecule has 0 saturated heterocycles. The second-order valence-electron chi connectivity index (χ2n) is 21.0. The maximum Gasteiger partial charge on any atom is 0.164 e. The van der Waals surface area contributed by atoms with Crippen LogP contribution in [0, 0.1) is 13.8 Å². The summed E-state index contributed by atoms with van der Waals surface area (Å²) >= 11 is 0. The Kier molecular flexibility index (Phi) is 11.8. The number of hydrogen-bond acceptors (Lipinski definition) is 5. The fourth-order valence-corrected chi connectivity index (χ4v) is 11.8. The van der Waals surface area contributed by atoms with Gasteiger partial charge in [0.1, 0.15) is 0 Å². The summed E-state index contributed by atoms with van der Waals surface area (Å²) in [6.07, 6.45) is 0. The van der Waals surface area contributed by atoms with Gasteiger partial charge in [0, 0.05) is 60.5 Å². The minimum absolute atomic E-state index is 0.549. The highest BCUT2D eigenvalue weighted by Gasteiger charge is 2.29. The highest BCUT2D eigenvalue weighted by atomic mass is 15.1. The number of rotatable bonds is 10. The van der Waals surface area contributed by atoms with Crippen LogP contribution >= 0.6 is 0 Å². The molecule has 0 aliphatic heterocycles. The summed E-state index contributed by atoms with van der Waals surface area (Å²) in [5, 5.41) is 4.48. The van der Waals surface area contributed by atoms with Gasteiger partial charge in [-0.2, -0.15) is 0 Å². The molecule has 0 N–H and O–H groups in total. The smallest absolute Gasteiger partial charge is 0.164 e. The lowest BCUT2D eigenvalue weighted by Gasteiger charge is -2.23. The van der Waals surface area contributed by atoms with Gasteiger partial charge in [0.2, 0.25) is 0 Å². The molecule has 0 aliphatic carbocycles. The molecule has 0 unspecified atom stereocenters. The Morgan fingerprint density at radius 1 is 0.256 bits per heavy atom. The Labute approximate surface area is 474 Å². The molecular formula is C75H51N7. The van der Waals surface area contributed by atoms with Gasteiger partial charge < -0.3 is 9.13 Å². The zero-order valence-electron chi connectivity index (χ0n) is 45.1. The predicted molar refractivity (Wildman–Crippen MR) is 337 cm³/mol. The van der Waals surface area contributed by atoms with Crippen LogP contribution in [0.5, 0.6) is 0 Å². The third-order valence-corrected chi connectivity index (χ3v) is 15.7. The molecule has 82 heavy (non-hydrogen) atoms. The van der Waals surface area contributed by atoms with Crippen molar-refractivity contribution in [2.75, 3.05) is 0 Å². The first-order chi connectivity index (χ1) is 40.5. The van der Waals surface area contributed by atoms with Gasteiger partial charge in [-0.25, -0.2) is 24.9 Å². The van der Waals surface area contributed by atoms with Crippen molar-refractivity contribution in [2.45, 2.75) is 13.8 Å². The van der Waals surface area contributed by atoms with E-state index in [0.29, 0.717) is 11.6 Å². The third kappa shape index (κ3) is 8.51. The number of pyridine rings is 1. The summed E-state index contributed by atoms with van der Waals surface area (Å²) in [6.45, 7) is 4.34. The van der Waals surface area contributed by atoms with Crippen molar-refractivity contribution in [1.82, 2.24) is 34.1 Å². The molecule has 15 rings (SSSR count). The number of fused-ring (bicyclic) bond motifs is 6. The fraction of sp³-hybridized carbons (Fsp3) is 0.0267. The van der Waals surface area contributed by atoms with Crippen LogP contribution in [0.25, 0.3) is 145 Å². The summed E-state index contributed by atoms with van der Waals surface area (Å²) in [4.78, 5) is 27.9. The molecule has 0 saturated carbocycles. The second-order valence-corrected chi connectivity index (χ2v) is 21.0. The van der Waals surface area contributed by atoms with E-state index in [1.807, 2.05) is 30.3 Å². The molecule has 0 spiro atoms. The molecule has 5 heterocycles. The third-order valence-electron chi connectivity index (χ3n) is 15.7. The second kappa shape index (κ2) is 20.1. The van der Waals surface area contributed by atoms with E-state index >= 15 is 0 Å². The molecule has 0 aliphatic rings. The monoisotopic (exact) mass is 1050 g/mol. The molecule has 7 heteroatoms. The number of aromatic nitrogens is 7. The van der Waals surface area contributed by atoms with Crippen LogP contribution in [0.2, 0.25) is 0 Å². The van der Waals surface area contributed by atoms with E-state index in [4.69, 9.17) is 24.9 Å². The van der Waals surface area contributed by atoms with Crippen molar-refractivity contribution in [3.63, 3.8) is 0 Å². The lowest BCUT2D eigenvalue weighted by molar-refractivity contribution is 1.09. The van der Waals surface area contributed by atoms with Crippen molar-refractivity contribution in [2.24, 2.45) is 0 Å². The van der Waals surface area contributed by atoms with Gasteiger partial charge in [0.05, 0.1) is 73.2 Å². The van der Waals surface area contributed by atoms with Crippen LogP contribution in [-0.4, -0.2) is 34.1 Å². The van der Waals surface area contributed by atoms with E-state index in [2.05, 4.69) is 266 Å². The number of nitrogens with zero attached hydrogens (tertiary/aromatic N) is 7. The number of aryl methyl sites for hydroxylation is 2. The van der Waals surface area contributed by atoms with Crippen LogP contribution < -0.4 is 0 Å². The summed E-state index contributed by atoms with van der Waals surface area (Å²) in [6, 6.07) is 96.0. The van der Waals surface area contributed by atoms with E-state index in [1.54, 1.807) is 0 Å². The fourth-order valence-electron chi connectivity index (χ4n) is 11.8. The van der Waals surface area contributed by atoms with Crippen molar-refractivity contribution >= 4 is 43.6 Å². The Balaban J connectivity index is 1.11. The van der Waals surface area contributed by atoms with Gasteiger partial charge in [-0.05, 0) is 92.7 Å². The van der Waals surface area contributed by atoms with Gasteiger partial charge in [-0.3, -0.25) is 0 Å². The van der Waals surface area contributed by atoms with E-state index < -0.39 is 0 Å². The molecule has 15 aromatic rings. The average molecular weight is 1050 g/mol. The van der Waals surface area contributed by atoms with Gasteiger partial charge in [-0.15, -0.1) is 0 Å². The summed E-state index contributed by atoms with van der Waals surface area (Å²) < 4.78 is 4.83. The standard InChI is InChI=1S/C75H51N7/c1-48-35-39-69-58(43-48)59-44-49(2)36-40-70(59)82(69)73-57(74-77-63(51-23-10-4-11-24-51)46-64(78-74)52-25-12-5-13-26-52)38-42-71(72(73)75-79-65(53-27-14-6-15-28-53)47-66(80-75)54-29-16-7-17-30-54)81-67-34-19-18-31-56(67)60-45-55(37-41-68(60)81)62-33-20-32-61(76-62)50-21-8-3-9-22-50/h3-47H,1-2H3. The van der Waals surface area contributed by atoms with Gasteiger partial charge in [0.25, 0.3) is 0 Å². The van der Waals surface area contributed by atoms with Crippen molar-refractivity contribution in [3.05, 3.63) is 284 Å². The highest BCUT2D eigenvalue weighted by Crippen LogP contribution is 2.47. The van der Waals surface area contributed by atoms with E-state index in [1.165, 1.54) is 11.1 Å². The molecule has 386 valence electrons. The van der Waals surface area contributed by atoms with Crippen LogP contribution in [0.4, 0.5) is 0 Å². The first-order valence-corrected chi connectivity index (χ1v) is 27.7. The lowest BCUT2D eigenvalue weighted by Crippen LogP contribution is -2.09. The predicted octanol–water partition coefficient (Wildman–Crippen LogP) is 18.8. The van der Waals surface area contributed by atoms with Crippen molar-refractivity contribution in [3.8, 4) is 102 Å². The van der Waals surface area contributed by atoms with Gasteiger partial charge >= 0.3 is 0 Å². The minimum Gasteiger partial charge on any atom is -0.308 e. The average Bonchev–Trinajstić information content (AvgIpc) is 2.89. The summed E-state index contributed by atoms with van der Waals surface area (Å²) in [5.41, 5.74) is 20.9. The first-order valence-electron chi connectivity index (χ1n) is 27.7. The van der Waals surface area contributed by atoms with Crippen LogP contribution in [-0.2, 0) is 0 Å². The zero-order chi connectivity index (χ0) is 54.7. The Hall–Kier alpha value is -10.9. The molecule has 7 nitrogen and oxygen atoms in total. The zero-order valence-corrected chi connectivity index (χ0v) is 45.1. The van der Waals surface area contributed by atoms with Crippen LogP contribution in [0.15, 0.2) is 273 Å². The highest BCUT2D eigenvalue weighted by molar-refractivity contribution is 6.13. The van der Waals surface area contributed by atoms with Crippen LogP contribution in [0.3, 0.4) is 0 Å². The maximum absolute atomic E-state index is 5.75. The molecule has 10 aromatic carbocycles. The van der Waals surface area contributed by atoms with Crippen LogP contribution in [0.1, 0.15) is 11.1 Å². The molecule has 0 fully saturated rings. The SMILES string of the molecule is Cc1ccc2c(c1)c1cc(C)ccc1n2-c1c(-c2nc(-c3ccccc3)cc(-c3ccccc3)n2)ccc(-n2c3ccccc3c3cc(-c4cccc(-c5ccccc5)n4)ccc32)c1-c1nc(-c2ccccc2)cc(-c2ccccc2)n1. The summed E-state index contributed by atoms with van der Waals surface area (Å²) in [7, 11) is 0. The molecule has 0 amide bonds. The molecule has 0 atom stereocenters. The van der Waals surface area contributed by atoms with Gasteiger partial charge in [-0.1, -0.05) is 205 Å². The van der Waals surface area contributed by atoms with E-state index in [9.17, 15) is 0 Å². The molecular weight excluding hydrogens is 999 g/mol. The van der Waals surface area contributed by atoms with Crippen molar-refractivity contribution < 1.29 is 0 Å². The molecule has 0 bridgehead atoms. The normalized spacial score (nSPS) is 11.5. The molecule has 5 aromatic heterocycles. The number of benzene rings is 10. The maximum atomic E-state index is 5.75. The van der Waals surface area contributed by atoms with Gasteiger partial charge in [0.15, 0.2) is 11.6 Å². The lowest BCUT2D eigenvalue weighted by atomic mass is 9.99.